The van der Waals surface area contributed by atoms with Gasteiger partial charge in [0.25, 0.3) is 0 Å². The van der Waals surface area contributed by atoms with E-state index in [0.717, 1.165) is 0 Å². The molecule has 0 bridgehead atoms. The smallest absolute Gasteiger partial charge is 0.0363 e. The maximum Gasteiger partial charge on any atom is 0.0363 e. The highest BCUT2D eigenvalue weighted by molar-refractivity contribution is 5.55. The van der Waals surface area contributed by atoms with Gasteiger partial charge in [-0.1, -0.05) is 19.9 Å². The third-order valence-corrected chi connectivity index (χ3v) is 2.97. The minimum atomic E-state index is 0.417. The number of hydrogen-bond donors (Lipinski definition) is 0. The van der Waals surface area contributed by atoms with Crippen molar-refractivity contribution in [2.45, 2.75) is 25.7 Å². The molecule has 0 fully saturated rings. The molecule has 1 nitrogen and oxygen atoms in total. The van der Waals surface area contributed by atoms with Crippen molar-refractivity contribution in [1.82, 2.24) is 0 Å². The van der Waals surface area contributed by atoms with Crippen molar-refractivity contribution in [1.29, 1.82) is 0 Å². The van der Waals surface area contributed by atoms with Gasteiger partial charge in [0.15, 0.2) is 0 Å². The molecule has 0 saturated carbocycles. The summed E-state index contributed by atoms with van der Waals surface area (Å²) < 4.78 is 0. The first-order chi connectivity index (χ1) is 6.00. The minimum absolute atomic E-state index is 0.417. The maximum atomic E-state index is 2.31. The summed E-state index contributed by atoms with van der Waals surface area (Å²) in [7, 11) is 4.18. The minimum Gasteiger partial charge on any atom is -0.378 e. The van der Waals surface area contributed by atoms with E-state index < -0.39 is 0 Å². The lowest BCUT2D eigenvalue weighted by molar-refractivity contribution is 0.455. The van der Waals surface area contributed by atoms with Gasteiger partial charge in [-0.25, -0.2) is 0 Å². The molecule has 0 aliphatic heterocycles. The van der Waals surface area contributed by atoms with E-state index in [-0.39, 0.29) is 0 Å². The van der Waals surface area contributed by atoms with Gasteiger partial charge in [-0.05, 0) is 35.1 Å². The fourth-order valence-electron chi connectivity index (χ4n) is 2.13. The first-order valence-electron chi connectivity index (χ1n) is 4.81. The van der Waals surface area contributed by atoms with Crippen molar-refractivity contribution in [2.24, 2.45) is 0 Å². The quantitative estimate of drug-likeness (QED) is 0.634. The molecule has 1 aromatic rings. The number of fused-ring (bicyclic) bond motifs is 1. The first-order valence-corrected chi connectivity index (χ1v) is 4.81. The van der Waals surface area contributed by atoms with Crippen LogP contribution in [0, 0.1) is 0 Å². The number of benzene rings is 1. The molecule has 0 aromatic heterocycles. The summed E-state index contributed by atoms with van der Waals surface area (Å²) in [6.45, 7) is 4.62. The Labute approximate surface area is 80.4 Å². The van der Waals surface area contributed by atoms with Crippen molar-refractivity contribution < 1.29 is 0 Å². The molecule has 0 spiro atoms. The summed E-state index contributed by atoms with van der Waals surface area (Å²) in [6, 6.07) is 6.79. The Morgan fingerprint density at radius 1 is 1.23 bits per heavy atom. The number of anilines is 1. The average Bonchev–Trinajstić information content (AvgIpc) is 2.01. The van der Waals surface area contributed by atoms with Gasteiger partial charge in [0, 0.05) is 19.8 Å². The van der Waals surface area contributed by atoms with Crippen LogP contribution in [-0.4, -0.2) is 14.1 Å². The molecule has 70 valence electrons. The van der Waals surface area contributed by atoms with E-state index in [9.17, 15) is 0 Å². The Hall–Kier alpha value is -0.980. The van der Waals surface area contributed by atoms with E-state index in [1.807, 2.05) is 0 Å². The summed E-state index contributed by atoms with van der Waals surface area (Å²) >= 11 is 0. The lowest BCUT2D eigenvalue weighted by Gasteiger charge is -2.38. The molecule has 0 amide bonds. The zero-order valence-corrected chi connectivity index (χ0v) is 8.89. The van der Waals surface area contributed by atoms with Crippen LogP contribution in [0.2, 0.25) is 0 Å². The average molecular weight is 175 g/mol. The van der Waals surface area contributed by atoms with Crippen LogP contribution in [0.1, 0.15) is 25.0 Å². The Morgan fingerprint density at radius 2 is 1.92 bits per heavy atom. The lowest BCUT2D eigenvalue weighted by atomic mass is 9.66. The highest BCUT2D eigenvalue weighted by Gasteiger charge is 2.33. The summed E-state index contributed by atoms with van der Waals surface area (Å²) in [4.78, 5) is 2.16. The van der Waals surface area contributed by atoms with E-state index in [4.69, 9.17) is 0 Å². The van der Waals surface area contributed by atoms with Crippen molar-refractivity contribution in [3.63, 3.8) is 0 Å². The Kier molecular flexibility index (Phi) is 1.66. The van der Waals surface area contributed by atoms with E-state index in [0.29, 0.717) is 5.41 Å². The van der Waals surface area contributed by atoms with E-state index in [1.54, 1.807) is 0 Å². The van der Waals surface area contributed by atoms with Crippen LogP contribution in [0.3, 0.4) is 0 Å². The van der Waals surface area contributed by atoms with Crippen LogP contribution in [0.15, 0.2) is 18.2 Å². The van der Waals surface area contributed by atoms with E-state index in [2.05, 4.69) is 51.0 Å². The fraction of sp³-hybridized carbons (Fsp3) is 0.500. The van der Waals surface area contributed by atoms with Crippen molar-refractivity contribution >= 4 is 5.69 Å². The maximum absolute atomic E-state index is 2.31. The van der Waals surface area contributed by atoms with Crippen molar-refractivity contribution in [3.05, 3.63) is 29.3 Å². The molecule has 2 rings (SSSR count). The second-order valence-electron chi connectivity index (χ2n) is 4.80. The van der Waals surface area contributed by atoms with Crippen LogP contribution in [0.25, 0.3) is 0 Å². The summed E-state index contributed by atoms with van der Waals surface area (Å²) in [5.41, 5.74) is 4.78. The molecular weight excluding hydrogens is 158 g/mol. The molecule has 0 saturated heterocycles. The molecule has 0 radical (unpaired) electrons. The predicted molar refractivity (Wildman–Crippen MR) is 57.5 cm³/mol. The van der Waals surface area contributed by atoms with Gasteiger partial charge < -0.3 is 4.90 Å². The second-order valence-corrected chi connectivity index (χ2v) is 4.80. The van der Waals surface area contributed by atoms with Gasteiger partial charge in [-0.2, -0.15) is 0 Å². The first kappa shape index (κ1) is 8.61. The predicted octanol–water partition coefficient (Wildman–Crippen LogP) is 2.59. The van der Waals surface area contributed by atoms with Crippen LogP contribution in [0.4, 0.5) is 5.69 Å². The highest BCUT2D eigenvalue weighted by atomic mass is 15.1. The van der Waals surface area contributed by atoms with Crippen molar-refractivity contribution in [3.8, 4) is 0 Å². The zero-order chi connectivity index (χ0) is 9.64. The van der Waals surface area contributed by atoms with Crippen LogP contribution in [0.5, 0.6) is 0 Å². The van der Waals surface area contributed by atoms with Gasteiger partial charge in [0.2, 0.25) is 0 Å². The SMILES string of the molecule is CN(C)c1ccc2c(c1)CC2(C)C. The van der Waals surface area contributed by atoms with Gasteiger partial charge in [-0.3, -0.25) is 0 Å². The summed E-state index contributed by atoms with van der Waals surface area (Å²) in [6.07, 6.45) is 1.23. The second kappa shape index (κ2) is 2.50. The Morgan fingerprint density at radius 3 is 2.38 bits per heavy atom. The molecule has 0 N–H and O–H groups in total. The molecule has 0 atom stereocenters. The molecule has 13 heavy (non-hydrogen) atoms. The van der Waals surface area contributed by atoms with E-state index in [1.165, 1.54) is 23.2 Å². The Bertz CT molecular complexity index is 337. The standard InChI is InChI=1S/C12H17N/c1-12(2)8-9-7-10(13(3)4)5-6-11(9)12/h5-7H,8H2,1-4H3. The van der Waals surface area contributed by atoms with Gasteiger partial charge in [0.05, 0.1) is 0 Å². The molecular formula is C12H17N. The van der Waals surface area contributed by atoms with Crippen LogP contribution in [-0.2, 0) is 11.8 Å². The molecule has 1 heteroatoms. The molecule has 1 aliphatic rings. The number of hydrogen-bond acceptors (Lipinski definition) is 1. The molecule has 0 unspecified atom stereocenters. The number of nitrogens with zero attached hydrogens (tertiary/aromatic N) is 1. The summed E-state index contributed by atoms with van der Waals surface area (Å²) in [5, 5.41) is 0. The van der Waals surface area contributed by atoms with E-state index >= 15 is 0 Å². The molecule has 1 aliphatic carbocycles. The van der Waals surface area contributed by atoms with Crippen LogP contribution < -0.4 is 4.90 Å². The summed E-state index contributed by atoms with van der Waals surface area (Å²) in [5.74, 6) is 0. The van der Waals surface area contributed by atoms with Gasteiger partial charge >= 0.3 is 0 Å². The topological polar surface area (TPSA) is 3.24 Å². The van der Waals surface area contributed by atoms with Gasteiger partial charge in [0.1, 0.15) is 0 Å². The zero-order valence-electron chi connectivity index (χ0n) is 8.89. The monoisotopic (exact) mass is 175 g/mol. The van der Waals surface area contributed by atoms with Crippen LogP contribution >= 0.6 is 0 Å². The van der Waals surface area contributed by atoms with Gasteiger partial charge in [-0.15, -0.1) is 0 Å². The Balaban J connectivity index is 2.39. The normalized spacial score (nSPS) is 17.5. The lowest BCUT2D eigenvalue weighted by Crippen LogP contribution is -2.32. The largest absolute Gasteiger partial charge is 0.378 e. The van der Waals surface area contributed by atoms with Crippen molar-refractivity contribution in [2.75, 3.05) is 19.0 Å². The number of rotatable bonds is 1. The third-order valence-electron chi connectivity index (χ3n) is 2.97. The highest BCUT2D eigenvalue weighted by Crippen LogP contribution is 2.41. The molecule has 0 heterocycles. The molecule has 1 aromatic carbocycles. The third kappa shape index (κ3) is 1.23. The fourth-order valence-corrected chi connectivity index (χ4v) is 2.13.